The quantitative estimate of drug-likeness (QED) is 0.639. The number of alkyl halides is 1. The highest BCUT2D eigenvalue weighted by molar-refractivity contribution is 6.17. The summed E-state index contributed by atoms with van der Waals surface area (Å²) < 4.78 is 0. The number of halogens is 1. The van der Waals surface area contributed by atoms with E-state index >= 15 is 0 Å². The van der Waals surface area contributed by atoms with Crippen molar-refractivity contribution in [2.24, 2.45) is 5.92 Å². The molecule has 0 heterocycles. The molecule has 1 aliphatic rings. The van der Waals surface area contributed by atoms with Crippen LogP contribution in [0.15, 0.2) is 24.3 Å². The minimum absolute atomic E-state index is 0.170. The molecule has 1 N–H and O–H groups in total. The minimum Gasteiger partial charge on any atom is -0.326 e. The second-order valence-corrected chi connectivity index (χ2v) is 5.28. The minimum atomic E-state index is 0.170. The fourth-order valence-electron chi connectivity index (χ4n) is 2.52. The molecule has 0 aliphatic heterocycles. The Kier molecular flexibility index (Phi) is 5.06. The van der Waals surface area contributed by atoms with Crippen LogP contribution in [0.4, 0.5) is 5.69 Å². The highest BCUT2D eigenvalue weighted by Crippen LogP contribution is 2.24. The molecule has 3 heteroatoms. The lowest BCUT2D eigenvalue weighted by molar-refractivity contribution is -0.120. The van der Waals surface area contributed by atoms with Crippen LogP contribution in [-0.2, 0) is 10.7 Å². The van der Waals surface area contributed by atoms with Crippen LogP contribution in [0.25, 0.3) is 0 Å². The molecule has 18 heavy (non-hydrogen) atoms. The maximum atomic E-state index is 12.2. The van der Waals surface area contributed by atoms with E-state index in [2.05, 4.69) is 5.32 Å². The first-order chi connectivity index (χ1) is 8.79. The summed E-state index contributed by atoms with van der Waals surface area (Å²) in [4.78, 5) is 12.2. The van der Waals surface area contributed by atoms with Crippen molar-refractivity contribution in [2.75, 3.05) is 5.32 Å². The number of carbonyl (C=O) groups excluding carboxylic acids is 1. The molecule has 2 nitrogen and oxygen atoms in total. The first-order valence-electron chi connectivity index (χ1n) is 6.75. The van der Waals surface area contributed by atoms with Gasteiger partial charge in [0, 0.05) is 17.5 Å². The molecular formula is C15H20ClNO. The Morgan fingerprint density at radius 3 is 2.61 bits per heavy atom. The van der Waals surface area contributed by atoms with Crippen LogP contribution in [0.2, 0.25) is 0 Å². The van der Waals surface area contributed by atoms with Crippen molar-refractivity contribution in [3.8, 4) is 0 Å². The zero-order chi connectivity index (χ0) is 12.8. The van der Waals surface area contributed by atoms with Gasteiger partial charge in [-0.05, 0) is 30.5 Å². The number of hydrogen-bond donors (Lipinski definition) is 1. The van der Waals surface area contributed by atoms with Gasteiger partial charge in [0.05, 0.1) is 0 Å². The first-order valence-corrected chi connectivity index (χ1v) is 7.29. The normalized spacial score (nSPS) is 17.2. The van der Waals surface area contributed by atoms with Crippen molar-refractivity contribution >= 4 is 23.2 Å². The van der Waals surface area contributed by atoms with E-state index in [1.807, 2.05) is 24.3 Å². The van der Waals surface area contributed by atoms with Gasteiger partial charge in [-0.25, -0.2) is 0 Å². The fourth-order valence-corrected chi connectivity index (χ4v) is 2.68. The molecule has 0 aromatic heterocycles. The Labute approximate surface area is 114 Å². The number of amides is 1. The summed E-state index contributed by atoms with van der Waals surface area (Å²) in [6.45, 7) is 0. The summed E-state index contributed by atoms with van der Waals surface area (Å²) in [6, 6.07) is 7.76. The standard InChI is InChI=1S/C15H20ClNO/c16-11-12-6-5-9-14(10-12)17-15(18)13-7-3-1-2-4-8-13/h5-6,9-10,13H,1-4,7-8,11H2,(H,17,18). The Hall–Kier alpha value is -1.02. The highest BCUT2D eigenvalue weighted by atomic mass is 35.5. The van der Waals surface area contributed by atoms with Crippen molar-refractivity contribution in [1.82, 2.24) is 0 Å². The number of hydrogen-bond acceptors (Lipinski definition) is 1. The van der Waals surface area contributed by atoms with Crippen molar-refractivity contribution in [1.29, 1.82) is 0 Å². The number of anilines is 1. The Bertz CT molecular complexity index is 397. The van der Waals surface area contributed by atoms with Crippen molar-refractivity contribution < 1.29 is 4.79 Å². The maximum absolute atomic E-state index is 12.2. The molecule has 0 spiro atoms. The lowest BCUT2D eigenvalue weighted by atomic mass is 9.99. The van der Waals surface area contributed by atoms with Crippen molar-refractivity contribution in [2.45, 2.75) is 44.4 Å². The Morgan fingerprint density at radius 2 is 1.94 bits per heavy atom. The van der Waals surface area contributed by atoms with Gasteiger partial charge in [0.2, 0.25) is 5.91 Å². The third-order valence-corrected chi connectivity index (χ3v) is 3.88. The average molecular weight is 266 g/mol. The highest BCUT2D eigenvalue weighted by Gasteiger charge is 2.19. The molecule has 1 fully saturated rings. The van der Waals surface area contributed by atoms with Gasteiger partial charge in [0.1, 0.15) is 0 Å². The van der Waals surface area contributed by atoms with Gasteiger partial charge >= 0.3 is 0 Å². The molecule has 0 saturated heterocycles. The first kappa shape index (κ1) is 13.4. The van der Waals surface area contributed by atoms with Crippen LogP contribution in [0.3, 0.4) is 0 Å². The van der Waals surface area contributed by atoms with Crippen LogP contribution in [0, 0.1) is 5.92 Å². The smallest absolute Gasteiger partial charge is 0.227 e. The molecule has 98 valence electrons. The molecule has 1 aromatic carbocycles. The monoisotopic (exact) mass is 265 g/mol. The number of nitrogens with one attached hydrogen (secondary N) is 1. The Morgan fingerprint density at radius 1 is 1.22 bits per heavy atom. The molecule has 1 aliphatic carbocycles. The van der Waals surface area contributed by atoms with Crippen molar-refractivity contribution in [3.05, 3.63) is 29.8 Å². The molecular weight excluding hydrogens is 246 g/mol. The van der Waals surface area contributed by atoms with Gasteiger partial charge in [0.15, 0.2) is 0 Å². The second kappa shape index (κ2) is 6.79. The zero-order valence-corrected chi connectivity index (χ0v) is 11.4. The number of rotatable bonds is 3. The molecule has 0 atom stereocenters. The Balaban J connectivity index is 1.96. The molecule has 1 amide bonds. The fraction of sp³-hybridized carbons (Fsp3) is 0.533. The summed E-state index contributed by atoms with van der Waals surface area (Å²) >= 11 is 5.79. The third kappa shape index (κ3) is 3.74. The van der Waals surface area contributed by atoms with Crippen LogP contribution in [-0.4, -0.2) is 5.91 Å². The summed E-state index contributed by atoms with van der Waals surface area (Å²) in [5.74, 6) is 0.837. The molecule has 1 aromatic rings. The predicted octanol–water partition coefficient (Wildman–Crippen LogP) is 4.33. The lowest BCUT2D eigenvalue weighted by Gasteiger charge is -2.14. The van der Waals surface area contributed by atoms with Gasteiger partial charge in [0.25, 0.3) is 0 Å². The number of carbonyl (C=O) groups is 1. The SMILES string of the molecule is O=C(Nc1cccc(CCl)c1)C1CCCCCC1. The summed E-state index contributed by atoms with van der Waals surface area (Å²) in [7, 11) is 0. The summed E-state index contributed by atoms with van der Waals surface area (Å²) in [5, 5.41) is 3.02. The maximum Gasteiger partial charge on any atom is 0.227 e. The van der Waals surface area contributed by atoms with Gasteiger partial charge in [-0.2, -0.15) is 0 Å². The molecule has 0 unspecified atom stereocenters. The molecule has 1 saturated carbocycles. The van der Waals surface area contributed by atoms with Gasteiger partial charge in [-0.3, -0.25) is 4.79 Å². The largest absolute Gasteiger partial charge is 0.326 e. The van der Waals surface area contributed by atoms with Crippen LogP contribution in [0.1, 0.15) is 44.1 Å². The topological polar surface area (TPSA) is 29.1 Å². The summed E-state index contributed by atoms with van der Waals surface area (Å²) in [6.07, 6.45) is 6.96. The van der Waals surface area contributed by atoms with E-state index in [0.29, 0.717) is 5.88 Å². The predicted molar refractivity (Wildman–Crippen MR) is 75.8 cm³/mol. The number of benzene rings is 1. The van der Waals surface area contributed by atoms with E-state index < -0.39 is 0 Å². The third-order valence-electron chi connectivity index (χ3n) is 3.57. The molecule has 0 bridgehead atoms. The van der Waals surface area contributed by atoms with Gasteiger partial charge in [-0.1, -0.05) is 37.8 Å². The zero-order valence-electron chi connectivity index (χ0n) is 10.6. The van der Waals surface area contributed by atoms with E-state index in [-0.39, 0.29) is 11.8 Å². The molecule has 2 rings (SSSR count). The van der Waals surface area contributed by atoms with Gasteiger partial charge in [-0.15, -0.1) is 11.6 Å². The van der Waals surface area contributed by atoms with E-state index in [9.17, 15) is 4.79 Å². The summed E-state index contributed by atoms with van der Waals surface area (Å²) in [5.41, 5.74) is 1.90. The van der Waals surface area contributed by atoms with E-state index in [1.54, 1.807) is 0 Å². The van der Waals surface area contributed by atoms with Crippen LogP contribution < -0.4 is 5.32 Å². The lowest BCUT2D eigenvalue weighted by Crippen LogP contribution is -2.22. The van der Waals surface area contributed by atoms with E-state index in [4.69, 9.17) is 11.6 Å². The van der Waals surface area contributed by atoms with E-state index in [0.717, 1.165) is 24.1 Å². The van der Waals surface area contributed by atoms with Crippen LogP contribution in [0.5, 0.6) is 0 Å². The average Bonchev–Trinajstić information content (AvgIpc) is 2.68. The van der Waals surface area contributed by atoms with Crippen LogP contribution >= 0.6 is 11.6 Å². The second-order valence-electron chi connectivity index (χ2n) is 5.01. The molecule has 0 radical (unpaired) electrons. The van der Waals surface area contributed by atoms with Crippen molar-refractivity contribution in [3.63, 3.8) is 0 Å². The van der Waals surface area contributed by atoms with Gasteiger partial charge < -0.3 is 5.32 Å². The van der Waals surface area contributed by atoms with E-state index in [1.165, 1.54) is 25.7 Å².